The molecule has 2 atom stereocenters. The van der Waals surface area contributed by atoms with Gasteiger partial charge in [-0.25, -0.2) is 0 Å². The normalized spacial score (nSPS) is 12.3. The fraction of sp³-hybridized carbons (Fsp3) is 0.353. The van der Waals surface area contributed by atoms with Crippen LogP contribution in [-0.4, -0.2) is 69.2 Å². The minimum Gasteiger partial charge on any atom is -0.480 e. The van der Waals surface area contributed by atoms with Crippen LogP contribution in [0.3, 0.4) is 0 Å². The lowest BCUT2D eigenvalue weighted by atomic mass is 10.1. The van der Waals surface area contributed by atoms with E-state index in [0.29, 0.717) is 0 Å². The zero-order valence-electron chi connectivity index (χ0n) is 16.5. The number of carbonyl (C=O) groups is 5. The molecule has 1 aromatic carbocycles. The van der Waals surface area contributed by atoms with Gasteiger partial charge in [-0.15, -0.1) is 11.8 Å². The molecule has 32 heavy (non-hydrogen) atoms. The first-order chi connectivity index (χ1) is 14.9. The average Bonchev–Trinajstić information content (AvgIpc) is 2.72. The van der Waals surface area contributed by atoms with Crippen molar-refractivity contribution < 1.29 is 39.1 Å². The fourth-order valence-electron chi connectivity index (χ4n) is 2.25. The van der Waals surface area contributed by atoms with Gasteiger partial charge in [-0.2, -0.15) is 0 Å². The molecular weight excluding hydrogens is 450 g/mol. The molecule has 0 aliphatic rings. The molecule has 8 N–H and O–H groups in total. The highest BCUT2D eigenvalue weighted by Crippen LogP contribution is 2.30. The standard InChI is InChI=1S/C17H21N5O9S/c18-9(17(28)29)2-4-13(23)21-10(16(27)20-6-14(24)25)7-32-12-3-1-8(15(19)26)5-11(12)22(30)31/h1,3,5,9-10H,2,4,6-7,18H2,(H2,19,26)(H,20,27)(H,21,23)(H,24,25)(H,28,29). The van der Waals surface area contributed by atoms with E-state index in [1.807, 2.05) is 0 Å². The van der Waals surface area contributed by atoms with Gasteiger partial charge >= 0.3 is 11.9 Å². The number of carboxylic acid groups (broad SMARTS) is 2. The third-order valence-corrected chi connectivity index (χ3v) is 5.07. The van der Waals surface area contributed by atoms with Gasteiger partial charge in [-0.1, -0.05) is 0 Å². The molecule has 15 heteroatoms. The number of rotatable bonds is 13. The molecule has 0 aliphatic carbocycles. The Morgan fingerprint density at radius 1 is 1.19 bits per heavy atom. The number of hydrogen-bond acceptors (Lipinski definition) is 9. The Bertz CT molecular complexity index is 924. The Morgan fingerprint density at radius 2 is 1.84 bits per heavy atom. The zero-order chi connectivity index (χ0) is 24.4. The number of primary amides is 1. The number of carbonyl (C=O) groups excluding carboxylic acids is 3. The van der Waals surface area contributed by atoms with Gasteiger partial charge in [-0.05, 0) is 18.6 Å². The van der Waals surface area contributed by atoms with Gasteiger partial charge in [0.25, 0.3) is 5.69 Å². The van der Waals surface area contributed by atoms with Crippen molar-refractivity contribution in [1.82, 2.24) is 10.6 Å². The van der Waals surface area contributed by atoms with Gasteiger partial charge in [0, 0.05) is 23.8 Å². The number of nitro benzene ring substituents is 1. The molecule has 0 radical (unpaired) electrons. The first kappa shape index (κ1) is 26.3. The molecule has 3 amide bonds. The molecule has 0 saturated heterocycles. The van der Waals surface area contributed by atoms with Gasteiger partial charge in [0.1, 0.15) is 18.6 Å². The Hall–Kier alpha value is -3.72. The minimum absolute atomic E-state index is 0.0678. The largest absolute Gasteiger partial charge is 0.480 e. The maximum atomic E-state index is 12.3. The topological polar surface area (TPSA) is 245 Å². The van der Waals surface area contributed by atoms with Crippen LogP contribution in [0, 0.1) is 10.1 Å². The summed E-state index contributed by atoms with van der Waals surface area (Å²) in [4.78, 5) is 67.7. The van der Waals surface area contributed by atoms with Gasteiger partial charge in [0.05, 0.1) is 9.82 Å². The minimum atomic E-state index is -1.33. The van der Waals surface area contributed by atoms with Crippen LogP contribution in [0.4, 0.5) is 5.69 Å². The van der Waals surface area contributed by atoms with Crippen molar-refractivity contribution in [1.29, 1.82) is 0 Å². The Kier molecular flexibility index (Phi) is 10.0. The second kappa shape index (κ2) is 12.2. The van der Waals surface area contributed by atoms with Crippen molar-refractivity contribution in [3.05, 3.63) is 33.9 Å². The molecule has 0 bridgehead atoms. The van der Waals surface area contributed by atoms with E-state index in [1.54, 1.807) is 0 Å². The maximum absolute atomic E-state index is 12.3. The number of thioether (sulfide) groups is 1. The van der Waals surface area contributed by atoms with Crippen molar-refractivity contribution in [2.45, 2.75) is 29.8 Å². The van der Waals surface area contributed by atoms with Crippen LogP contribution in [0.2, 0.25) is 0 Å². The van der Waals surface area contributed by atoms with Crippen molar-refractivity contribution in [2.24, 2.45) is 11.5 Å². The lowest BCUT2D eigenvalue weighted by molar-refractivity contribution is -0.387. The first-order valence-corrected chi connectivity index (χ1v) is 9.89. The highest BCUT2D eigenvalue weighted by atomic mass is 32.2. The van der Waals surface area contributed by atoms with Gasteiger partial charge in [0.15, 0.2) is 0 Å². The van der Waals surface area contributed by atoms with Crippen molar-refractivity contribution in [2.75, 3.05) is 12.3 Å². The number of amides is 3. The Balaban J connectivity index is 2.96. The Morgan fingerprint density at radius 3 is 2.38 bits per heavy atom. The van der Waals surface area contributed by atoms with E-state index < -0.39 is 58.9 Å². The van der Waals surface area contributed by atoms with Gasteiger partial charge in [0.2, 0.25) is 17.7 Å². The van der Waals surface area contributed by atoms with Crippen LogP contribution in [0.25, 0.3) is 0 Å². The molecule has 0 heterocycles. The third kappa shape index (κ3) is 8.57. The summed E-state index contributed by atoms with van der Waals surface area (Å²) in [5, 5.41) is 33.2. The summed E-state index contributed by atoms with van der Waals surface area (Å²) in [6.07, 6.45) is -0.536. The molecule has 0 aliphatic heterocycles. The van der Waals surface area contributed by atoms with Crippen LogP contribution in [0.15, 0.2) is 23.1 Å². The van der Waals surface area contributed by atoms with E-state index in [1.165, 1.54) is 12.1 Å². The number of hydrogen-bond donors (Lipinski definition) is 6. The lowest BCUT2D eigenvalue weighted by Gasteiger charge is -2.18. The quantitative estimate of drug-likeness (QED) is 0.112. The highest BCUT2D eigenvalue weighted by Gasteiger charge is 2.25. The predicted octanol–water partition coefficient (Wildman–Crippen LogP) is -1.34. The number of aliphatic carboxylic acids is 2. The lowest BCUT2D eigenvalue weighted by Crippen LogP contribution is -2.49. The van der Waals surface area contributed by atoms with Crippen molar-refractivity contribution in [3.63, 3.8) is 0 Å². The summed E-state index contributed by atoms with van der Waals surface area (Å²) in [6, 6.07) is 0.881. The van der Waals surface area contributed by atoms with Crippen molar-refractivity contribution >= 4 is 47.1 Å². The van der Waals surface area contributed by atoms with E-state index in [4.69, 9.17) is 21.7 Å². The number of nitrogens with one attached hydrogen (secondary N) is 2. The summed E-state index contributed by atoms with van der Waals surface area (Å²) < 4.78 is 0. The third-order valence-electron chi connectivity index (χ3n) is 3.91. The molecular formula is C17H21N5O9S. The van der Waals surface area contributed by atoms with E-state index in [9.17, 15) is 34.1 Å². The average molecular weight is 471 g/mol. The molecule has 1 rings (SSSR count). The van der Waals surface area contributed by atoms with E-state index >= 15 is 0 Å². The first-order valence-electron chi connectivity index (χ1n) is 8.90. The van der Waals surface area contributed by atoms with Crippen molar-refractivity contribution in [3.8, 4) is 0 Å². The molecule has 0 aromatic heterocycles. The van der Waals surface area contributed by atoms with Crippen LogP contribution >= 0.6 is 11.8 Å². The molecule has 1 aromatic rings. The number of nitrogens with zero attached hydrogens (tertiary/aromatic N) is 1. The van der Waals surface area contributed by atoms with Crippen LogP contribution < -0.4 is 22.1 Å². The van der Waals surface area contributed by atoms with Crippen LogP contribution in [0.5, 0.6) is 0 Å². The monoisotopic (exact) mass is 471 g/mol. The molecule has 2 unspecified atom stereocenters. The van der Waals surface area contributed by atoms with E-state index in [0.717, 1.165) is 17.8 Å². The molecule has 0 saturated carbocycles. The zero-order valence-corrected chi connectivity index (χ0v) is 17.3. The van der Waals surface area contributed by atoms with E-state index in [-0.39, 0.29) is 29.1 Å². The summed E-state index contributed by atoms with van der Waals surface area (Å²) >= 11 is 0.802. The predicted molar refractivity (Wildman–Crippen MR) is 110 cm³/mol. The SMILES string of the molecule is NC(=O)c1ccc(SCC(NC(=O)CCC(N)C(=O)O)C(=O)NCC(=O)O)c([N+](=O)[O-])c1. The van der Waals surface area contributed by atoms with Crippen LogP contribution in [0.1, 0.15) is 23.2 Å². The molecule has 0 fully saturated rings. The number of carboxylic acids is 2. The van der Waals surface area contributed by atoms with Gasteiger partial charge < -0.3 is 32.3 Å². The number of nitro groups is 1. The molecule has 174 valence electrons. The second-order valence-electron chi connectivity index (χ2n) is 6.33. The van der Waals surface area contributed by atoms with Gasteiger partial charge in [-0.3, -0.25) is 34.1 Å². The summed E-state index contributed by atoms with van der Waals surface area (Å²) in [5.74, 6) is -5.35. The van der Waals surface area contributed by atoms with Crippen LogP contribution in [-0.2, 0) is 19.2 Å². The van der Waals surface area contributed by atoms with E-state index in [2.05, 4.69) is 10.6 Å². The second-order valence-corrected chi connectivity index (χ2v) is 7.39. The molecule has 14 nitrogen and oxygen atoms in total. The number of benzene rings is 1. The Labute approximate surface area is 184 Å². The maximum Gasteiger partial charge on any atom is 0.322 e. The number of nitrogens with two attached hydrogens (primary N) is 2. The smallest absolute Gasteiger partial charge is 0.322 e. The fourth-order valence-corrected chi connectivity index (χ4v) is 3.28. The summed E-state index contributed by atoms with van der Waals surface area (Å²) in [5.41, 5.74) is 9.89. The summed E-state index contributed by atoms with van der Waals surface area (Å²) in [7, 11) is 0. The summed E-state index contributed by atoms with van der Waals surface area (Å²) in [6.45, 7) is -0.729. The molecule has 0 spiro atoms. The highest BCUT2D eigenvalue weighted by molar-refractivity contribution is 7.99.